The number of nitrogens with zero attached hydrogens (tertiary/aromatic N) is 3. The van der Waals surface area contributed by atoms with Crippen molar-refractivity contribution >= 4 is 10.9 Å². The summed E-state index contributed by atoms with van der Waals surface area (Å²) in [6, 6.07) is 9.88. The lowest BCUT2D eigenvalue weighted by molar-refractivity contribution is 0.522. The third kappa shape index (κ3) is 2.77. The third-order valence-corrected chi connectivity index (χ3v) is 3.98. The molecule has 0 N–H and O–H groups in total. The van der Waals surface area contributed by atoms with Crippen molar-refractivity contribution in [1.29, 1.82) is 0 Å². The summed E-state index contributed by atoms with van der Waals surface area (Å²) in [6.07, 6.45) is 6.91. The fourth-order valence-electron chi connectivity index (χ4n) is 2.68. The normalized spacial score (nSPS) is 12.5. The number of pyridine rings is 1. The highest BCUT2D eigenvalue weighted by atomic mass is 16.1. The average molecular weight is 293 g/mol. The fraction of sp³-hybridized carbons (Fsp3) is 0.278. The summed E-state index contributed by atoms with van der Waals surface area (Å²) >= 11 is 0. The van der Waals surface area contributed by atoms with Crippen LogP contribution in [0.5, 0.6) is 0 Å². The Morgan fingerprint density at radius 2 is 2.09 bits per heavy atom. The Morgan fingerprint density at radius 1 is 1.23 bits per heavy atom. The summed E-state index contributed by atoms with van der Waals surface area (Å²) in [5, 5.41) is 0.694. The van der Waals surface area contributed by atoms with E-state index in [1.54, 1.807) is 17.1 Å². The fourth-order valence-corrected chi connectivity index (χ4v) is 2.68. The molecule has 1 atom stereocenters. The molecule has 0 aliphatic carbocycles. The van der Waals surface area contributed by atoms with Gasteiger partial charge in [0.25, 0.3) is 5.56 Å². The van der Waals surface area contributed by atoms with Crippen LogP contribution in [0.1, 0.15) is 31.0 Å². The first kappa shape index (κ1) is 14.4. The first-order valence-corrected chi connectivity index (χ1v) is 7.57. The molecule has 0 saturated carbocycles. The summed E-state index contributed by atoms with van der Waals surface area (Å²) in [7, 11) is 0. The van der Waals surface area contributed by atoms with Gasteiger partial charge in [0.15, 0.2) is 0 Å². The zero-order chi connectivity index (χ0) is 15.5. The topological polar surface area (TPSA) is 47.8 Å². The molecule has 1 aromatic carbocycles. The Morgan fingerprint density at radius 3 is 2.82 bits per heavy atom. The highest BCUT2D eigenvalue weighted by molar-refractivity contribution is 5.78. The number of aromatic nitrogens is 3. The Hall–Kier alpha value is -2.49. The summed E-state index contributed by atoms with van der Waals surface area (Å²) in [6.45, 7) is 4.12. The molecule has 22 heavy (non-hydrogen) atoms. The van der Waals surface area contributed by atoms with Gasteiger partial charge in [0.1, 0.15) is 0 Å². The molecule has 0 fully saturated rings. The van der Waals surface area contributed by atoms with Gasteiger partial charge >= 0.3 is 0 Å². The van der Waals surface area contributed by atoms with E-state index in [0.717, 1.165) is 29.5 Å². The molecule has 2 heterocycles. The largest absolute Gasteiger partial charge is 0.296 e. The van der Waals surface area contributed by atoms with Crippen LogP contribution in [0.4, 0.5) is 0 Å². The number of rotatable bonds is 4. The number of fused-ring (bicyclic) bond motifs is 1. The van der Waals surface area contributed by atoms with Gasteiger partial charge in [-0.2, -0.15) is 0 Å². The van der Waals surface area contributed by atoms with E-state index in [1.807, 2.05) is 43.5 Å². The zero-order valence-electron chi connectivity index (χ0n) is 12.9. The van der Waals surface area contributed by atoms with Gasteiger partial charge < -0.3 is 0 Å². The van der Waals surface area contributed by atoms with Gasteiger partial charge in [0, 0.05) is 18.4 Å². The van der Waals surface area contributed by atoms with E-state index in [9.17, 15) is 4.79 Å². The van der Waals surface area contributed by atoms with Crippen molar-refractivity contribution in [3.8, 4) is 0 Å². The third-order valence-electron chi connectivity index (χ3n) is 3.98. The first-order chi connectivity index (χ1) is 10.7. The Balaban J connectivity index is 2.00. The molecule has 4 heteroatoms. The summed E-state index contributed by atoms with van der Waals surface area (Å²) in [5.74, 6) is 0. The highest BCUT2D eigenvalue weighted by Crippen LogP contribution is 2.14. The van der Waals surface area contributed by atoms with Gasteiger partial charge in [-0.3, -0.25) is 14.3 Å². The minimum absolute atomic E-state index is 0.0247. The average Bonchev–Trinajstić information content (AvgIpc) is 2.56. The van der Waals surface area contributed by atoms with Crippen LogP contribution < -0.4 is 5.56 Å². The van der Waals surface area contributed by atoms with Crippen LogP contribution in [0.3, 0.4) is 0 Å². The second-order valence-electron chi connectivity index (χ2n) is 5.58. The molecule has 0 amide bonds. The summed E-state index contributed by atoms with van der Waals surface area (Å²) in [5.41, 5.74) is 3.05. The van der Waals surface area contributed by atoms with Crippen LogP contribution >= 0.6 is 0 Å². The first-order valence-electron chi connectivity index (χ1n) is 7.57. The van der Waals surface area contributed by atoms with E-state index in [-0.39, 0.29) is 11.6 Å². The van der Waals surface area contributed by atoms with Gasteiger partial charge in [-0.1, -0.05) is 19.1 Å². The Bertz CT molecular complexity index is 840. The van der Waals surface area contributed by atoms with Gasteiger partial charge in [-0.25, -0.2) is 4.98 Å². The van der Waals surface area contributed by atoms with Crippen LogP contribution in [-0.4, -0.2) is 14.5 Å². The second kappa shape index (κ2) is 6.10. The Kier molecular flexibility index (Phi) is 4.00. The van der Waals surface area contributed by atoms with Crippen molar-refractivity contribution in [2.24, 2.45) is 0 Å². The van der Waals surface area contributed by atoms with Crippen LogP contribution in [0.2, 0.25) is 0 Å². The predicted molar refractivity (Wildman–Crippen MR) is 88.0 cm³/mol. The molecule has 0 unspecified atom stereocenters. The van der Waals surface area contributed by atoms with Crippen LogP contribution in [0, 0.1) is 0 Å². The molecular formula is C18H19N3O. The van der Waals surface area contributed by atoms with Gasteiger partial charge in [-0.05, 0) is 49.1 Å². The minimum atomic E-state index is 0.0247. The van der Waals surface area contributed by atoms with E-state index in [1.165, 1.54) is 0 Å². The number of hydrogen-bond acceptors (Lipinski definition) is 3. The standard InChI is InChI=1S/C18H19N3O/c1-3-14-6-7-17-16(10-14)18(22)21(12-20-17)13(2)9-15-5-4-8-19-11-15/h4-8,10-13H,3,9H2,1-2H3/t13-/m1/s1. The Labute approximate surface area is 129 Å². The van der Waals surface area contributed by atoms with Gasteiger partial charge in [0.2, 0.25) is 0 Å². The van der Waals surface area contributed by atoms with Crippen molar-refractivity contribution in [2.75, 3.05) is 0 Å². The van der Waals surface area contributed by atoms with Crippen molar-refractivity contribution in [2.45, 2.75) is 32.7 Å². The maximum absolute atomic E-state index is 12.7. The van der Waals surface area contributed by atoms with Crippen LogP contribution in [0.15, 0.2) is 53.8 Å². The number of hydrogen-bond donors (Lipinski definition) is 0. The lowest BCUT2D eigenvalue weighted by Crippen LogP contribution is -2.25. The molecule has 2 aromatic heterocycles. The molecule has 3 rings (SSSR count). The molecule has 0 aliphatic heterocycles. The maximum Gasteiger partial charge on any atom is 0.261 e. The van der Waals surface area contributed by atoms with Crippen molar-refractivity contribution in [1.82, 2.24) is 14.5 Å². The lowest BCUT2D eigenvalue weighted by Gasteiger charge is -2.15. The SMILES string of the molecule is CCc1ccc2ncn([C@H](C)Cc3cccnc3)c(=O)c2c1. The molecule has 0 aliphatic rings. The molecule has 0 radical (unpaired) electrons. The summed E-state index contributed by atoms with van der Waals surface area (Å²) in [4.78, 5) is 21.3. The van der Waals surface area contributed by atoms with Gasteiger partial charge in [0.05, 0.1) is 17.2 Å². The van der Waals surface area contributed by atoms with Crippen LogP contribution in [0.25, 0.3) is 10.9 Å². The van der Waals surface area contributed by atoms with E-state index in [4.69, 9.17) is 0 Å². The van der Waals surface area contributed by atoms with Gasteiger partial charge in [-0.15, -0.1) is 0 Å². The van der Waals surface area contributed by atoms with E-state index >= 15 is 0 Å². The molecule has 0 bridgehead atoms. The van der Waals surface area contributed by atoms with Crippen molar-refractivity contribution < 1.29 is 0 Å². The zero-order valence-corrected chi connectivity index (χ0v) is 12.9. The van der Waals surface area contributed by atoms with Crippen LogP contribution in [-0.2, 0) is 12.8 Å². The minimum Gasteiger partial charge on any atom is -0.296 e. The lowest BCUT2D eigenvalue weighted by atomic mass is 10.1. The number of aryl methyl sites for hydroxylation is 1. The molecule has 112 valence electrons. The monoisotopic (exact) mass is 293 g/mol. The highest BCUT2D eigenvalue weighted by Gasteiger charge is 2.11. The van der Waals surface area contributed by atoms with E-state index in [0.29, 0.717) is 5.39 Å². The molecule has 0 spiro atoms. The van der Waals surface area contributed by atoms with Crippen molar-refractivity contribution in [3.05, 3.63) is 70.5 Å². The molecule has 4 nitrogen and oxygen atoms in total. The van der Waals surface area contributed by atoms with E-state index < -0.39 is 0 Å². The predicted octanol–water partition coefficient (Wildman–Crippen LogP) is 3.16. The molecule has 3 aromatic rings. The summed E-state index contributed by atoms with van der Waals surface area (Å²) < 4.78 is 1.72. The smallest absolute Gasteiger partial charge is 0.261 e. The molecule has 0 saturated heterocycles. The van der Waals surface area contributed by atoms with Crippen molar-refractivity contribution in [3.63, 3.8) is 0 Å². The number of benzene rings is 1. The van der Waals surface area contributed by atoms with E-state index in [2.05, 4.69) is 16.9 Å². The second-order valence-corrected chi connectivity index (χ2v) is 5.58. The quantitative estimate of drug-likeness (QED) is 0.742. The molecular weight excluding hydrogens is 274 g/mol. The maximum atomic E-state index is 12.7.